The van der Waals surface area contributed by atoms with Gasteiger partial charge in [0.05, 0.1) is 0 Å². The molecular weight excluding hydrogens is 182 g/mol. The number of likely N-dealkylation sites (tertiary alicyclic amines) is 1. The van der Waals surface area contributed by atoms with Crippen LogP contribution in [0.3, 0.4) is 0 Å². The van der Waals surface area contributed by atoms with Gasteiger partial charge in [0.25, 0.3) is 0 Å². The molecule has 0 N–H and O–H groups in total. The maximum Gasteiger partial charge on any atom is 0.00953 e. The highest BCUT2D eigenvalue weighted by Gasteiger charge is 2.34. The number of hydrogen-bond acceptors (Lipinski definition) is 1. The van der Waals surface area contributed by atoms with E-state index in [4.69, 9.17) is 0 Å². The molecule has 15 heavy (non-hydrogen) atoms. The molecule has 2 atom stereocenters. The van der Waals surface area contributed by atoms with Crippen LogP contribution in [0.4, 0.5) is 0 Å². The molecule has 2 aliphatic rings. The van der Waals surface area contributed by atoms with Crippen molar-refractivity contribution in [3.8, 4) is 0 Å². The molecule has 1 aliphatic heterocycles. The van der Waals surface area contributed by atoms with Gasteiger partial charge in [-0.25, -0.2) is 0 Å². The van der Waals surface area contributed by atoms with Gasteiger partial charge in [-0.2, -0.15) is 0 Å². The fraction of sp³-hybridized carbons (Fsp3) is 1.00. The first-order valence-corrected chi connectivity index (χ1v) is 6.96. The van der Waals surface area contributed by atoms with Crippen LogP contribution in [0.15, 0.2) is 0 Å². The molecule has 2 fully saturated rings. The Morgan fingerprint density at radius 3 is 2.40 bits per heavy atom. The van der Waals surface area contributed by atoms with Crippen molar-refractivity contribution in [1.29, 1.82) is 0 Å². The Balaban J connectivity index is 1.90. The van der Waals surface area contributed by atoms with Crippen LogP contribution in [0.2, 0.25) is 0 Å². The van der Waals surface area contributed by atoms with Gasteiger partial charge < -0.3 is 4.90 Å². The number of hydrogen-bond donors (Lipinski definition) is 0. The predicted octanol–water partition coefficient (Wildman–Crippen LogP) is 3.54. The van der Waals surface area contributed by atoms with Gasteiger partial charge in [-0.15, -0.1) is 0 Å². The Morgan fingerprint density at radius 2 is 1.93 bits per heavy atom. The Labute approximate surface area is 95.2 Å². The summed E-state index contributed by atoms with van der Waals surface area (Å²) in [5.74, 6) is 2.85. The largest absolute Gasteiger partial charge is 0.300 e. The Hall–Kier alpha value is -0.0400. The van der Waals surface area contributed by atoms with E-state index in [-0.39, 0.29) is 0 Å². The zero-order chi connectivity index (χ0) is 10.8. The minimum atomic E-state index is 0.887. The van der Waals surface area contributed by atoms with Crippen LogP contribution in [0.25, 0.3) is 0 Å². The Kier molecular flexibility index (Phi) is 3.71. The van der Waals surface area contributed by atoms with E-state index in [9.17, 15) is 0 Å². The lowest BCUT2D eigenvalue weighted by Crippen LogP contribution is -2.49. The third-order valence-corrected chi connectivity index (χ3v) is 4.80. The molecule has 0 radical (unpaired) electrons. The average Bonchev–Trinajstić information content (AvgIpc) is 2.14. The summed E-state index contributed by atoms with van der Waals surface area (Å²) in [6.45, 7) is 9.97. The fourth-order valence-electron chi connectivity index (χ4n) is 3.47. The van der Waals surface area contributed by atoms with E-state index < -0.39 is 0 Å². The molecule has 0 aromatic rings. The highest BCUT2D eigenvalue weighted by molar-refractivity contribution is 4.87. The van der Waals surface area contributed by atoms with Crippen molar-refractivity contribution in [3.05, 3.63) is 0 Å². The summed E-state index contributed by atoms with van der Waals surface area (Å²) in [7, 11) is 0. The first-order valence-electron chi connectivity index (χ1n) is 6.96. The van der Waals surface area contributed by atoms with E-state index in [0.29, 0.717) is 0 Å². The normalized spacial score (nSPS) is 34.4. The van der Waals surface area contributed by atoms with Gasteiger partial charge in [-0.05, 0) is 43.6 Å². The molecule has 0 aromatic carbocycles. The lowest BCUT2D eigenvalue weighted by Gasteiger charge is -2.46. The SMILES string of the molecule is CC[C@@H]1CN(C2CCC2)CCC1C(C)C. The van der Waals surface area contributed by atoms with Crippen LogP contribution < -0.4 is 0 Å². The van der Waals surface area contributed by atoms with E-state index in [2.05, 4.69) is 25.7 Å². The molecule has 1 aliphatic carbocycles. The molecule has 1 saturated carbocycles. The van der Waals surface area contributed by atoms with E-state index in [0.717, 1.165) is 23.8 Å². The van der Waals surface area contributed by atoms with Crippen LogP contribution in [0, 0.1) is 17.8 Å². The maximum atomic E-state index is 2.79. The van der Waals surface area contributed by atoms with Crippen LogP contribution in [0.5, 0.6) is 0 Å². The minimum Gasteiger partial charge on any atom is -0.300 e. The zero-order valence-electron chi connectivity index (χ0n) is 10.7. The minimum absolute atomic E-state index is 0.887. The van der Waals surface area contributed by atoms with Gasteiger partial charge in [0.2, 0.25) is 0 Å². The second kappa shape index (κ2) is 4.86. The fourth-order valence-corrected chi connectivity index (χ4v) is 3.47. The highest BCUT2D eigenvalue weighted by atomic mass is 15.2. The molecule has 1 heteroatoms. The van der Waals surface area contributed by atoms with Crippen molar-refractivity contribution in [2.45, 2.75) is 58.9 Å². The molecule has 0 bridgehead atoms. The molecule has 1 nitrogen and oxygen atoms in total. The molecule has 1 saturated heterocycles. The van der Waals surface area contributed by atoms with Crippen LogP contribution in [0.1, 0.15) is 52.9 Å². The van der Waals surface area contributed by atoms with Gasteiger partial charge in [0, 0.05) is 12.6 Å². The third-order valence-electron chi connectivity index (χ3n) is 4.80. The highest BCUT2D eigenvalue weighted by Crippen LogP contribution is 2.35. The monoisotopic (exact) mass is 209 g/mol. The van der Waals surface area contributed by atoms with Gasteiger partial charge >= 0.3 is 0 Å². The predicted molar refractivity (Wildman–Crippen MR) is 65.9 cm³/mol. The number of nitrogens with zero attached hydrogens (tertiary/aromatic N) is 1. The smallest absolute Gasteiger partial charge is 0.00953 e. The number of piperidine rings is 1. The van der Waals surface area contributed by atoms with Gasteiger partial charge in [0.1, 0.15) is 0 Å². The summed E-state index contributed by atoms with van der Waals surface area (Å²) in [6, 6.07) is 0.965. The summed E-state index contributed by atoms with van der Waals surface area (Å²) in [6.07, 6.45) is 7.26. The van der Waals surface area contributed by atoms with Crippen LogP contribution >= 0.6 is 0 Å². The summed E-state index contributed by atoms with van der Waals surface area (Å²) in [4.78, 5) is 2.79. The zero-order valence-corrected chi connectivity index (χ0v) is 10.7. The van der Waals surface area contributed by atoms with Crippen molar-refractivity contribution in [1.82, 2.24) is 4.90 Å². The molecular formula is C14H27N. The second-order valence-corrected chi connectivity index (χ2v) is 5.94. The summed E-state index contributed by atoms with van der Waals surface area (Å²) in [5.41, 5.74) is 0. The van der Waals surface area contributed by atoms with E-state index in [1.807, 2.05) is 0 Å². The summed E-state index contributed by atoms with van der Waals surface area (Å²) >= 11 is 0. The standard InChI is InChI=1S/C14H27N/c1-4-12-10-15(13-6-5-7-13)9-8-14(12)11(2)3/h11-14H,4-10H2,1-3H3/t12-,14?/m1/s1. The average molecular weight is 209 g/mol. The third kappa shape index (κ3) is 2.38. The van der Waals surface area contributed by atoms with Crippen molar-refractivity contribution in [2.24, 2.45) is 17.8 Å². The summed E-state index contributed by atoms with van der Waals surface area (Å²) in [5, 5.41) is 0. The lowest BCUT2D eigenvalue weighted by molar-refractivity contribution is 0.0312. The topological polar surface area (TPSA) is 3.24 Å². The van der Waals surface area contributed by atoms with E-state index in [1.54, 1.807) is 0 Å². The van der Waals surface area contributed by atoms with Gasteiger partial charge in [0.15, 0.2) is 0 Å². The maximum absolute atomic E-state index is 2.79. The Bertz CT molecular complexity index is 196. The molecule has 0 aromatic heterocycles. The van der Waals surface area contributed by atoms with Crippen molar-refractivity contribution in [3.63, 3.8) is 0 Å². The molecule has 1 unspecified atom stereocenters. The quantitative estimate of drug-likeness (QED) is 0.687. The number of rotatable bonds is 3. The van der Waals surface area contributed by atoms with Gasteiger partial charge in [-0.1, -0.05) is 33.6 Å². The van der Waals surface area contributed by atoms with E-state index >= 15 is 0 Å². The van der Waals surface area contributed by atoms with Gasteiger partial charge in [-0.3, -0.25) is 0 Å². The molecule has 88 valence electrons. The lowest BCUT2D eigenvalue weighted by atomic mass is 9.75. The Morgan fingerprint density at radius 1 is 1.20 bits per heavy atom. The molecule has 2 rings (SSSR count). The van der Waals surface area contributed by atoms with Crippen molar-refractivity contribution >= 4 is 0 Å². The molecule has 0 amide bonds. The van der Waals surface area contributed by atoms with Crippen LogP contribution in [-0.4, -0.2) is 24.0 Å². The first kappa shape index (κ1) is 11.4. The molecule has 1 heterocycles. The van der Waals surface area contributed by atoms with E-state index in [1.165, 1.54) is 45.2 Å². The van der Waals surface area contributed by atoms with Crippen molar-refractivity contribution in [2.75, 3.05) is 13.1 Å². The van der Waals surface area contributed by atoms with Crippen LogP contribution in [-0.2, 0) is 0 Å². The molecule has 0 spiro atoms. The van der Waals surface area contributed by atoms with Crippen molar-refractivity contribution < 1.29 is 0 Å². The second-order valence-electron chi connectivity index (χ2n) is 5.94. The first-order chi connectivity index (χ1) is 7.22. The summed E-state index contributed by atoms with van der Waals surface area (Å²) < 4.78 is 0.